The molecule has 3 N–H and O–H groups in total. The molecular weight excluding hydrogens is 339 g/mol. The Hall–Kier alpha value is -2.18. The van der Waals surface area contributed by atoms with Crippen LogP contribution >= 0.6 is 11.6 Å². The zero-order valence-electron chi connectivity index (χ0n) is 12.8. The maximum Gasteiger partial charge on any atom is 0.418 e. The van der Waals surface area contributed by atoms with Crippen LogP contribution in [0, 0.1) is 0 Å². The molecule has 0 amide bonds. The van der Waals surface area contributed by atoms with Crippen LogP contribution in [0.4, 0.5) is 24.5 Å². The SMILES string of the molecule is CNCc1c[nH]c2cc(Nc3ccc(Cl)cc3C(F)(F)F)ccc12. The summed E-state index contributed by atoms with van der Waals surface area (Å²) < 4.78 is 39.5. The highest BCUT2D eigenvalue weighted by Crippen LogP contribution is 2.38. The van der Waals surface area contributed by atoms with Gasteiger partial charge in [0, 0.05) is 34.4 Å². The van der Waals surface area contributed by atoms with Gasteiger partial charge in [-0.25, -0.2) is 0 Å². The number of rotatable bonds is 4. The minimum absolute atomic E-state index is 0.0340. The standard InChI is InChI=1S/C17H15ClF3N3/c1-22-8-10-9-23-16-7-12(3-4-13(10)16)24-15-5-2-11(18)6-14(15)17(19,20)21/h2-7,9,22-24H,8H2,1H3. The monoisotopic (exact) mass is 353 g/mol. The molecule has 2 aromatic carbocycles. The molecule has 0 aliphatic carbocycles. The van der Waals surface area contributed by atoms with Crippen LogP contribution in [0.5, 0.6) is 0 Å². The Labute approximate surface area is 141 Å². The van der Waals surface area contributed by atoms with E-state index in [-0.39, 0.29) is 10.7 Å². The number of benzene rings is 2. The topological polar surface area (TPSA) is 39.9 Å². The van der Waals surface area contributed by atoms with Crippen LogP contribution in [0.2, 0.25) is 5.02 Å². The molecule has 1 aromatic heterocycles. The first kappa shape index (κ1) is 16.7. The van der Waals surface area contributed by atoms with Crippen molar-refractivity contribution in [3.8, 4) is 0 Å². The molecule has 126 valence electrons. The third-order valence-corrected chi connectivity index (χ3v) is 3.94. The number of hydrogen-bond acceptors (Lipinski definition) is 2. The van der Waals surface area contributed by atoms with Crippen LogP contribution in [0.25, 0.3) is 10.9 Å². The van der Waals surface area contributed by atoms with Crippen molar-refractivity contribution in [1.29, 1.82) is 0 Å². The molecule has 0 fully saturated rings. The van der Waals surface area contributed by atoms with E-state index in [1.807, 2.05) is 19.3 Å². The molecule has 3 rings (SSSR count). The molecule has 0 unspecified atom stereocenters. The van der Waals surface area contributed by atoms with Crippen molar-refractivity contribution < 1.29 is 13.2 Å². The molecule has 0 spiro atoms. The van der Waals surface area contributed by atoms with Crippen molar-refractivity contribution in [2.75, 3.05) is 12.4 Å². The zero-order chi connectivity index (χ0) is 17.3. The van der Waals surface area contributed by atoms with Gasteiger partial charge in [0.15, 0.2) is 0 Å². The van der Waals surface area contributed by atoms with Gasteiger partial charge >= 0.3 is 6.18 Å². The molecule has 3 aromatic rings. The van der Waals surface area contributed by atoms with Crippen LogP contribution < -0.4 is 10.6 Å². The molecule has 3 nitrogen and oxygen atoms in total. The van der Waals surface area contributed by atoms with E-state index in [1.165, 1.54) is 12.1 Å². The fourth-order valence-electron chi connectivity index (χ4n) is 2.62. The molecule has 0 atom stereocenters. The predicted molar refractivity (Wildman–Crippen MR) is 90.8 cm³/mol. The Balaban J connectivity index is 1.96. The summed E-state index contributed by atoms with van der Waals surface area (Å²) >= 11 is 5.70. The van der Waals surface area contributed by atoms with Crippen molar-refractivity contribution >= 4 is 33.9 Å². The van der Waals surface area contributed by atoms with E-state index in [0.29, 0.717) is 12.2 Å². The Bertz CT molecular complexity index is 871. The number of hydrogen-bond donors (Lipinski definition) is 3. The van der Waals surface area contributed by atoms with Crippen LogP contribution in [0.15, 0.2) is 42.6 Å². The lowest BCUT2D eigenvalue weighted by molar-refractivity contribution is -0.136. The molecule has 0 radical (unpaired) electrons. The lowest BCUT2D eigenvalue weighted by Gasteiger charge is -2.15. The number of nitrogens with one attached hydrogen (secondary N) is 3. The number of aromatic amines is 1. The Morgan fingerprint density at radius 2 is 1.92 bits per heavy atom. The van der Waals surface area contributed by atoms with Gasteiger partial charge in [0.1, 0.15) is 0 Å². The van der Waals surface area contributed by atoms with E-state index in [2.05, 4.69) is 15.6 Å². The van der Waals surface area contributed by atoms with Gasteiger partial charge in [-0.3, -0.25) is 0 Å². The highest BCUT2D eigenvalue weighted by Gasteiger charge is 2.33. The molecule has 7 heteroatoms. The predicted octanol–water partition coefficient (Wildman–Crippen LogP) is 5.30. The number of fused-ring (bicyclic) bond motifs is 1. The number of anilines is 2. The molecule has 0 saturated heterocycles. The lowest BCUT2D eigenvalue weighted by Crippen LogP contribution is -2.08. The van der Waals surface area contributed by atoms with Crippen molar-refractivity contribution in [2.24, 2.45) is 0 Å². The van der Waals surface area contributed by atoms with Crippen molar-refractivity contribution in [1.82, 2.24) is 10.3 Å². The van der Waals surface area contributed by atoms with Crippen LogP contribution in [-0.2, 0) is 12.7 Å². The van der Waals surface area contributed by atoms with E-state index in [9.17, 15) is 13.2 Å². The van der Waals surface area contributed by atoms with E-state index in [1.54, 1.807) is 12.1 Å². The molecule has 0 saturated carbocycles. The summed E-state index contributed by atoms with van der Waals surface area (Å²) in [6.07, 6.45) is -2.60. The van der Waals surface area contributed by atoms with Crippen LogP contribution in [0.3, 0.4) is 0 Å². The Kier molecular flexibility index (Phi) is 4.43. The van der Waals surface area contributed by atoms with E-state index >= 15 is 0 Å². The van der Waals surface area contributed by atoms with Crippen molar-refractivity contribution in [3.05, 3.63) is 58.7 Å². The molecular formula is C17H15ClF3N3. The van der Waals surface area contributed by atoms with E-state index in [0.717, 1.165) is 22.5 Å². The van der Waals surface area contributed by atoms with Gasteiger partial charge in [0.05, 0.1) is 11.3 Å². The maximum atomic E-state index is 13.2. The maximum absolute atomic E-state index is 13.2. The van der Waals surface area contributed by atoms with Crippen molar-refractivity contribution in [3.63, 3.8) is 0 Å². The summed E-state index contributed by atoms with van der Waals surface area (Å²) in [6, 6.07) is 9.09. The lowest BCUT2D eigenvalue weighted by atomic mass is 10.1. The van der Waals surface area contributed by atoms with Gasteiger partial charge in [-0.1, -0.05) is 17.7 Å². The molecule has 0 bridgehead atoms. The van der Waals surface area contributed by atoms with Gasteiger partial charge in [-0.2, -0.15) is 13.2 Å². The largest absolute Gasteiger partial charge is 0.418 e. The summed E-state index contributed by atoms with van der Waals surface area (Å²) in [5.74, 6) is 0. The summed E-state index contributed by atoms with van der Waals surface area (Å²) in [7, 11) is 1.86. The van der Waals surface area contributed by atoms with Crippen LogP contribution in [0.1, 0.15) is 11.1 Å². The number of aromatic nitrogens is 1. The average Bonchev–Trinajstić information content (AvgIpc) is 2.91. The summed E-state index contributed by atoms with van der Waals surface area (Å²) in [5.41, 5.74) is 1.69. The quantitative estimate of drug-likeness (QED) is 0.595. The van der Waals surface area contributed by atoms with Gasteiger partial charge in [0.2, 0.25) is 0 Å². The second-order valence-electron chi connectivity index (χ2n) is 5.42. The zero-order valence-corrected chi connectivity index (χ0v) is 13.5. The molecule has 0 aliphatic rings. The fraction of sp³-hybridized carbons (Fsp3) is 0.176. The third kappa shape index (κ3) is 3.34. The van der Waals surface area contributed by atoms with Gasteiger partial charge in [-0.15, -0.1) is 0 Å². The van der Waals surface area contributed by atoms with Crippen molar-refractivity contribution in [2.45, 2.75) is 12.7 Å². The minimum Gasteiger partial charge on any atom is -0.361 e. The fourth-order valence-corrected chi connectivity index (χ4v) is 2.79. The van der Waals surface area contributed by atoms with E-state index < -0.39 is 11.7 Å². The highest BCUT2D eigenvalue weighted by molar-refractivity contribution is 6.30. The normalized spacial score (nSPS) is 11.9. The third-order valence-electron chi connectivity index (χ3n) is 3.70. The molecule has 24 heavy (non-hydrogen) atoms. The first-order valence-electron chi connectivity index (χ1n) is 7.27. The number of halogens is 4. The Morgan fingerprint density at radius 1 is 1.12 bits per heavy atom. The van der Waals surface area contributed by atoms with E-state index in [4.69, 9.17) is 11.6 Å². The highest BCUT2D eigenvalue weighted by atomic mass is 35.5. The molecule has 0 aliphatic heterocycles. The van der Waals surface area contributed by atoms with Gasteiger partial charge < -0.3 is 15.6 Å². The molecule has 1 heterocycles. The first-order valence-corrected chi connectivity index (χ1v) is 7.64. The minimum atomic E-state index is -4.48. The second-order valence-corrected chi connectivity index (χ2v) is 5.85. The average molecular weight is 354 g/mol. The smallest absolute Gasteiger partial charge is 0.361 e. The van der Waals surface area contributed by atoms with Gasteiger partial charge in [-0.05, 0) is 42.9 Å². The van der Waals surface area contributed by atoms with Gasteiger partial charge in [0.25, 0.3) is 0 Å². The first-order chi connectivity index (χ1) is 11.4. The summed E-state index contributed by atoms with van der Waals surface area (Å²) in [6.45, 7) is 0.710. The second kappa shape index (κ2) is 6.37. The number of alkyl halides is 3. The summed E-state index contributed by atoms with van der Waals surface area (Å²) in [5, 5.41) is 6.97. The van der Waals surface area contributed by atoms with Crippen LogP contribution in [-0.4, -0.2) is 12.0 Å². The Morgan fingerprint density at radius 3 is 2.62 bits per heavy atom. The number of H-pyrrole nitrogens is 1. The summed E-state index contributed by atoms with van der Waals surface area (Å²) in [4.78, 5) is 3.13.